The van der Waals surface area contributed by atoms with Gasteiger partial charge in [-0.05, 0) is 65.1 Å². The molecular weight excluding hydrogens is 478 g/mol. The van der Waals surface area contributed by atoms with Crippen molar-refractivity contribution in [3.63, 3.8) is 0 Å². The Bertz CT molecular complexity index is 1360. The molecule has 36 heavy (non-hydrogen) atoms. The van der Waals surface area contributed by atoms with E-state index in [1.807, 2.05) is 23.1 Å². The van der Waals surface area contributed by atoms with Gasteiger partial charge < -0.3 is 14.4 Å². The number of amides is 1. The van der Waals surface area contributed by atoms with E-state index in [1.54, 1.807) is 55.6 Å². The van der Waals surface area contributed by atoms with Gasteiger partial charge in [-0.1, -0.05) is 30.3 Å². The summed E-state index contributed by atoms with van der Waals surface area (Å²) in [7, 11) is -0.386. The second-order valence-corrected chi connectivity index (χ2v) is 10.9. The molecule has 0 bridgehead atoms. The fourth-order valence-electron chi connectivity index (χ4n) is 4.66. The highest BCUT2D eigenvalue weighted by Gasteiger charge is 2.28. The Morgan fingerprint density at radius 2 is 1.67 bits per heavy atom. The van der Waals surface area contributed by atoms with Crippen LogP contribution in [-0.4, -0.2) is 52.2 Å². The molecule has 1 heterocycles. The third-order valence-corrected chi connectivity index (χ3v) is 7.74. The van der Waals surface area contributed by atoms with Crippen LogP contribution in [0.15, 0.2) is 71.6 Å². The summed E-state index contributed by atoms with van der Waals surface area (Å²) in [6, 6.07) is 19.7. The molecule has 0 aliphatic carbocycles. The van der Waals surface area contributed by atoms with E-state index in [4.69, 9.17) is 9.47 Å². The molecule has 188 valence electrons. The van der Waals surface area contributed by atoms with E-state index in [2.05, 4.69) is 0 Å². The van der Waals surface area contributed by atoms with E-state index in [1.165, 1.54) is 13.4 Å². The number of hydrogen-bond acceptors (Lipinski definition) is 6. The Morgan fingerprint density at radius 3 is 2.28 bits per heavy atom. The number of esters is 1. The van der Waals surface area contributed by atoms with Crippen LogP contribution in [0.2, 0.25) is 0 Å². The van der Waals surface area contributed by atoms with Crippen LogP contribution in [0.25, 0.3) is 0 Å². The van der Waals surface area contributed by atoms with Gasteiger partial charge in [-0.3, -0.25) is 9.59 Å². The number of sulfone groups is 1. The summed E-state index contributed by atoms with van der Waals surface area (Å²) in [5, 5.41) is 0. The minimum absolute atomic E-state index is 0.0452. The molecule has 1 aliphatic rings. The molecule has 0 radical (unpaired) electrons. The zero-order chi connectivity index (χ0) is 25.9. The zero-order valence-corrected chi connectivity index (χ0v) is 21.4. The van der Waals surface area contributed by atoms with Crippen LogP contribution >= 0.6 is 0 Å². The minimum atomic E-state index is -3.33. The smallest absolute Gasteiger partial charge is 0.306 e. The molecule has 8 heteroatoms. The first-order valence-corrected chi connectivity index (χ1v) is 13.5. The molecule has 3 aromatic carbocycles. The average molecular weight is 508 g/mol. The Hall–Kier alpha value is -3.65. The van der Waals surface area contributed by atoms with Crippen molar-refractivity contribution in [1.82, 2.24) is 4.90 Å². The van der Waals surface area contributed by atoms with Gasteiger partial charge in [0.15, 0.2) is 9.84 Å². The molecule has 1 atom stereocenters. The number of hydrogen-bond donors (Lipinski definition) is 0. The number of benzene rings is 3. The van der Waals surface area contributed by atoms with Crippen LogP contribution in [0.3, 0.4) is 0 Å². The maximum atomic E-state index is 13.1. The molecule has 1 aliphatic heterocycles. The molecular formula is C28H29NO6S. The third-order valence-electron chi connectivity index (χ3n) is 6.61. The van der Waals surface area contributed by atoms with Crippen molar-refractivity contribution in [2.24, 2.45) is 0 Å². The first kappa shape index (κ1) is 25.4. The van der Waals surface area contributed by atoms with Crippen LogP contribution < -0.4 is 4.74 Å². The molecule has 4 rings (SSSR count). The van der Waals surface area contributed by atoms with Gasteiger partial charge in [-0.2, -0.15) is 0 Å². The highest BCUT2D eigenvalue weighted by atomic mass is 32.2. The molecule has 0 fully saturated rings. The second kappa shape index (κ2) is 10.5. The topological polar surface area (TPSA) is 90.0 Å². The SMILES string of the molecule is COC(=O)CC(c1ccc(S(C)(=O)=O)cc1)c1cccc2c1CCN(C(=O)c1ccc(OC)cc1)C2. The summed E-state index contributed by atoms with van der Waals surface area (Å²) < 4.78 is 34.0. The van der Waals surface area contributed by atoms with Gasteiger partial charge in [-0.25, -0.2) is 8.42 Å². The Morgan fingerprint density at radius 1 is 0.972 bits per heavy atom. The molecule has 3 aromatic rings. The van der Waals surface area contributed by atoms with Crippen molar-refractivity contribution in [2.75, 3.05) is 27.0 Å². The Balaban J connectivity index is 1.65. The van der Waals surface area contributed by atoms with Crippen LogP contribution in [0.1, 0.15) is 45.0 Å². The molecule has 0 N–H and O–H groups in total. The number of methoxy groups -OCH3 is 2. The molecule has 0 saturated carbocycles. The number of carbonyl (C=O) groups is 2. The number of fused-ring (bicyclic) bond motifs is 1. The average Bonchev–Trinajstić information content (AvgIpc) is 2.90. The quantitative estimate of drug-likeness (QED) is 0.449. The Labute approximate surface area is 211 Å². The summed E-state index contributed by atoms with van der Waals surface area (Å²) in [5.74, 6) is -0.000610. The standard InChI is InChI=1S/C28H29NO6S/c1-34-22-11-7-20(8-12-22)28(31)29-16-15-24-21(18-29)5-4-6-25(24)26(17-27(30)35-2)19-9-13-23(14-10-19)36(3,32)33/h4-14,26H,15-18H2,1-3H3. The molecule has 7 nitrogen and oxygen atoms in total. The molecule has 1 amide bonds. The van der Waals surface area contributed by atoms with Gasteiger partial charge in [0, 0.05) is 30.8 Å². The van der Waals surface area contributed by atoms with Crippen molar-refractivity contribution in [3.05, 3.63) is 94.5 Å². The monoisotopic (exact) mass is 507 g/mol. The maximum Gasteiger partial charge on any atom is 0.306 e. The highest BCUT2D eigenvalue weighted by Crippen LogP contribution is 2.35. The van der Waals surface area contributed by atoms with E-state index < -0.39 is 9.84 Å². The highest BCUT2D eigenvalue weighted by molar-refractivity contribution is 7.90. The normalized spacial score (nSPS) is 14.0. The number of carbonyl (C=O) groups excluding carboxylic acids is 2. The first-order chi connectivity index (χ1) is 17.2. The number of rotatable bonds is 7. The van der Waals surface area contributed by atoms with Crippen molar-refractivity contribution >= 4 is 21.7 Å². The van der Waals surface area contributed by atoms with E-state index in [0.717, 1.165) is 22.3 Å². The number of nitrogens with zero attached hydrogens (tertiary/aromatic N) is 1. The molecule has 1 unspecified atom stereocenters. The molecule has 0 saturated heterocycles. The van der Waals surface area contributed by atoms with Gasteiger partial charge in [0.2, 0.25) is 0 Å². The van der Waals surface area contributed by atoms with Crippen molar-refractivity contribution in [1.29, 1.82) is 0 Å². The summed E-state index contributed by atoms with van der Waals surface area (Å²) in [5.41, 5.74) is 4.56. The van der Waals surface area contributed by atoms with Crippen LogP contribution in [-0.2, 0) is 32.3 Å². The van der Waals surface area contributed by atoms with Gasteiger partial charge in [-0.15, -0.1) is 0 Å². The maximum absolute atomic E-state index is 13.1. The third kappa shape index (κ3) is 5.44. The largest absolute Gasteiger partial charge is 0.497 e. The lowest BCUT2D eigenvalue weighted by Gasteiger charge is -2.32. The summed E-state index contributed by atoms with van der Waals surface area (Å²) >= 11 is 0. The van der Waals surface area contributed by atoms with Gasteiger partial charge in [0.05, 0.1) is 25.5 Å². The lowest BCUT2D eigenvalue weighted by Crippen LogP contribution is -2.36. The fraction of sp³-hybridized carbons (Fsp3) is 0.286. The predicted molar refractivity (Wildman–Crippen MR) is 136 cm³/mol. The summed E-state index contributed by atoms with van der Waals surface area (Å²) in [6.45, 7) is 1.01. The van der Waals surface area contributed by atoms with Crippen molar-refractivity contribution in [3.8, 4) is 5.75 Å². The van der Waals surface area contributed by atoms with Gasteiger partial charge in [0.25, 0.3) is 5.91 Å². The lowest BCUT2D eigenvalue weighted by molar-refractivity contribution is -0.140. The van der Waals surface area contributed by atoms with Crippen molar-refractivity contribution in [2.45, 2.75) is 30.2 Å². The summed E-state index contributed by atoms with van der Waals surface area (Å²) in [6.07, 6.45) is 1.94. The first-order valence-electron chi connectivity index (χ1n) is 11.6. The van der Waals surface area contributed by atoms with E-state index in [9.17, 15) is 18.0 Å². The predicted octanol–water partition coefficient (Wildman–Crippen LogP) is 3.99. The Kier molecular flexibility index (Phi) is 7.45. The number of ether oxygens (including phenoxy) is 2. The zero-order valence-electron chi connectivity index (χ0n) is 20.6. The molecule has 0 spiro atoms. The van der Waals surface area contributed by atoms with Gasteiger partial charge in [0.1, 0.15) is 5.75 Å². The van der Waals surface area contributed by atoms with Crippen LogP contribution in [0.4, 0.5) is 0 Å². The van der Waals surface area contributed by atoms with E-state index in [-0.39, 0.29) is 29.1 Å². The minimum Gasteiger partial charge on any atom is -0.497 e. The van der Waals surface area contributed by atoms with E-state index >= 15 is 0 Å². The van der Waals surface area contributed by atoms with Crippen molar-refractivity contribution < 1.29 is 27.5 Å². The second-order valence-electron chi connectivity index (χ2n) is 8.86. The van der Waals surface area contributed by atoms with Gasteiger partial charge >= 0.3 is 5.97 Å². The fourth-order valence-corrected chi connectivity index (χ4v) is 5.29. The summed E-state index contributed by atoms with van der Waals surface area (Å²) in [4.78, 5) is 27.5. The van der Waals surface area contributed by atoms with Crippen LogP contribution in [0, 0.1) is 0 Å². The molecule has 0 aromatic heterocycles. The lowest BCUT2D eigenvalue weighted by atomic mass is 9.82. The van der Waals surface area contributed by atoms with E-state index in [0.29, 0.717) is 30.8 Å². The van der Waals surface area contributed by atoms with Crippen LogP contribution in [0.5, 0.6) is 5.75 Å².